The summed E-state index contributed by atoms with van der Waals surface area (Å²) in [5.74, 6) is 4.18. The molecule has 2 aliphatic rings. The van der Waals surface area contributed by atoms with Crippen LogP contribution in [0.25, 0.3) is 23.0 Å². The van der Waals surface area contributed by atoms with Gasteiger partial charge in [0, 0.05) is 36.4 Å². The van der Waals surface area contributed by atoms with Crippen LogP contribution in [0.3, 0.4) is 0 Å². The molecule has 4 aromatic rings. The van der Waals surface area contributed by atoms with Gasteiger partial charge in [0.1, 0.15) is 17.3 Å². The molecule has 1 saturated carbocycles. The summed E-state index contributed by atoms with van der Waals surface area (Å²) >= 11 is 0. The number of pyridine rings is 1. The van der Waals surface area contributed by atoms with Crippen molar-refractivity contribution in [1.82, 2.24) is 39.3 Å². The molecule has 162 valence electrons. The van der Waals surface area contributed by atoms with Crippen LogP contribution in [0.5, 0.6) is 0 Å². The lowest BCUT2D eigenvalue weighted by Gasteiger charge is -2.41. The molecule has 32 heavy (non-hydrogen) atoms. The number of aryl methyl sites for hydroxylation is 1. The van der Waals surface area contributed by atoms with Gasteiger partial charge in [0.15, 0.2) is 11.6 Å². The highest BCUT2D eigenvalue weighted by atomic mass is 15.4. The van der Waals surface area contributed by atoms with E-state index >= 15 is 0 Å². The Kier molecular flexibility index (Phi) is 4.48. The van der Waals surface area contributed by atoms with Gasteiger partial charge in [-0.3, -0.25) is 14.1 Å². The number of hydrogen-bond donors (Lipinski definition) is 0. The first-order valence-corrected chi connectivity index (χ1v) is 11.3. The lowest BCUT2D eigenvalue weighted by molar-refractivity contribution is 0.467. The molecular formula is C23H25N9. The zero-order valence-corrected chi connectivity index (χ0v) is 18.3. The van der Waals surface area contributed by atoms with E-state index in [2.05, 4.69) is 36.6 Å². The minimum Gasteiger partial charge on any atom is -0.341 e. The number of aromatic nitrogens is 8. The predicted molar refractivity (Wildman–Crippen MR) is 120 cm³/mol. The molecule has 4 aromatic heterocycles. The average molecular weight is 428 g/mol. The van der Waals surface area contributed by atoms with Crippen LogP contribution in [-0.2, 0) is 0 Å². The Morgan fingerprint density at radius 2 is 1.94 bits per heavy atom. The number of imidazole rings is 1. The summed E-state index contributed by atoms with van der Waals surface area (Å²) in [7, 11) is 0. The topological polar surface area (TPSA) is 90.4 Å². The molecule has 9 nitrogen and oxygen atoms in total. The van der Waals surface area contributed by atoms with Gasteiger partial charge in [-0.25, -0.2) is 9.97 Å². The monoisotopic (exact) mass is 427 g/mol. The van der Waals surface area contributed by atoms with Crippen molar-refractivity contribution in [3.63, 3.8) is 0 Å². The summed E-state index contributed by atoms with van der Waals surface area (Å²) in [6, 6.07) is 4.50. The van der Waals surface area contributed by atoms with Gasteiger partial charge in [-0.15, -0.1) is 10.2 Å². The normalized spacial score (nSPS) is 18.1. The Balaban J connectivity index is 1.53. The highest BCUT2D eigenvalue weighted by Gasteiger charge is 2.39. The van der Waals surface area contributed by atoms with Gasteiger partial charge in [-0.1, -0.05) is 19.8 Å². The lowest BCUT2D eigenvalue weighted by Crippen LogP contribution is -2.42. The van der Waals surface area contributed by atoms with E-state index in [1.807, 2.05) is 42.2 Å². The van der Waals surface area contributed by atoms with Crippen molar-refractivity contribution in [2.75, 3.05) is 4.90 Å². The fourth-order valence-electron chi connectivity index (χ4n) is 5.15. The van der Waals surface area contributed by atoms with Crippen LogP contribution in [0.4, 0.5) is 5.82 Å². The van der Waals surface area contributed by atoms with Crippen molar-refractivity contribution in [2.45, 2.75) is 58.0 Å². The van der Waals surface area contributed by atoms with E-state index in [4.69, 9.17) is 9.97 Å². The molecule has 1 unspecified atom stereocenters. The van der Waals surface area contributed by atoms with Crippen LogP contribution in [-0.4, -0.2) is 45.3 Å². The third kappa shape index (κ3) is 2.84. The van der Waals surface area contributed by atoms with Crippen molar-refractivity contribution in [1.29, 1.82) is 0 Å². The molecule has 1 fully saturated rings. The van der Waals surface area contributed by atoms with Gasteiger partial charge >= 0.3 is 0 Å². The molecule has 0 radical (unpaired) electrons. The molecular weight excluding hydrogens is 402 g/mol. The first-order chi connectivity index (χ1) is 15.8. The molecule has 5 heterocycles. The summed E-state index contributed by atoms with van der Waals surface area (Å²) < 4.78 is 4.05. The number of hydrogen-bond acceptors (Lipinski definition) is 7. The molecule has 0 bridgehead atoms. The maximum Gasteiger partial charge on any atom is 0.237 e. The largest absolute Gasteiger partial charge is 0.341 e. The van der Waals surface area contributed by atoms with Gasteiger partial charge in [-0.2, -0.15) is 4.98 Å². The van der Waals surface area contributed by atoms with E-state index in [0.717, 1.165) is 41.0 Å². The van der Waals surface area contributed by atoms with E-state index < -0.39 is 0 Å². The molecule has 1 atom stereocenters. The third-order valence-corrected chi connectivity index (χ3v) is 6.59. The van der Waals surface area contributed by atoms with Gasteiger partial charge in [0.25, 0.3) is 0 Å². The van der Waals surface area contributed by atoms with Crippen molar-refractivity contribution in [3.05, 3.63) is 54.8 Å². The number of anilines is 1. The Bertz CT molecular complexity index is 1250. The fraction of sp³-hybridized carbons (Fsp3) is 0.391. The molecule has 0 saturated heterocycles. The summed E-state index contributed by atoms with van der Waals surface area (Å²) in [6.07, 6.45) is 14.9. The maximum absolute atomic E-state index is 5.13. The van der Waals surface area contributed by atoms with Crippen molar-refractivity contribution in [2.24, 2.45) is 0 Å². The third-order valence-electron chi connectivity index (χ3n) is 6.59. The first kappa shape index (κ1) is 19.1. The Morgan fingerprint density at radius 3 is 2.72 bits per heavy atom. The Morgan fingerprint density at radius 1 is 1.06 bits per heavy atom. The van der Waals surface area contributed by atoms with E-state index in [0.29, 0.717) is 12.0 Å². The second-order valence-electron chi connectivity index (χ2n) is 8.45. The van der Waals surface area contributed by atoms with E-state index in [-0.39, 0.29) is 6.04 Å². The van der Waals surface area contributed by atoms with Gasteiger partial charge in [0.05, 0.1) is 12.2 Å². The quantitative estimate of drug-likeness (QED) is 0.489. The van der Waals surface area contributed by atoms with Crippen molar-refractivity contribution < 1.29 is 0 Å². The van der Waals surface area contributed by atoms with Crippen LogP contribution >= 0.6 is 0 Å². The molecule has 0 N–H and O–H groups in total. The van der Waals surface area contributed by atoms with Crippen LogP contribution in [0.1, 0.15) is 56.7 Å². The zero-order chi connectivity index (χ0) is 21.7. The van der Waals surface area contributed by atoms with Crippen molar-refractivity contribution in [3.8, 4) is 23.0 Å². The molecule has 9 heteroatoms. The van der Waals surface area contributed by atoms with Gasteiger partial charge in [0.2, 0.25) is 5.95 Å². The smallest absolute Gasteiger partial charge is 0.237 e. The molecule has 1 aliphatic heterocycles. The highest BCUT2D eigenvalue weighted by molar-refractivity contribution is 5.64. The van der Waals surface area contributed by atoms with Crippen molar-refractivity contribution >= 4 is 5.82 Å². The standard InChI is InChI=1S/C23H25N9/c1-3-18-22-29-28-15(2)31(22)19-14-26-23(27-21(19)32(18)17-8-4-5-9-17)30-12-11-25-20(30)16-7-6-10-24-13-16/h6-7,10-14,17-18H,3-5,8-9H2,1-2H3. The average Bonchev–Trinajstić information content (AvgIpc) is 3.60. The van der Waals surface area contributed by atoms with E-state index in [1.54, 1.807) is 12.4 Å². The second kappa shape index (κ2) is 7.51. The van der Waals surface area contributed by atoms with Gasteiger partial charge in [-0.05, 0) is 38.3 Å². The van der Waals surface area contributed by atoms with Gasteiger partial charge < -0.3 is 4.90 Å². The zero-order valence-electron chi connectivity index (χ0n) is 18.3. The summed E-state index contributed by atoms with van der Waals surface area (Å²) in [4.78, 5) is 21.1. The highest BCUT2D eigenvalue weighted by Crippen LogP contribution is 2.43. The summed E-state index contributed by atoms with van der Waals surface area (Å²) in [5.41, 5.74) is 1.88. The maximum atomic E-state index is 5.13. The van der Waals surface area contributed by atoms with Crippen LogP contribution in [0, 0.1) is 6.92 Å². The molecule has 0 aromatic carbocycles. The van der Waals surface area contributed by atoms with E-state index in [1.165, 1.54) is 25.7 Å². The first-order valence-electron chi connectivity index (χ1n) is 11.3. The van der Waals surface area contributed by atoms with Crippen LogP contribution in [0.2, 0.25) is 0 Å². The number of fused-ring (bicyclic) bond motifs is 3. The predicted octanol–water partition coefficient (Wildman–Crippen LogP) is 3.83. The summed E-state index contributed by atoms with van der Waals surface area (Å²) in [5, 5.41) is 8.94. The minimum atomic E-state index is 0.148. The summed E-state index contributed by atoms with van der Waals surface area (Å²) in [6.45, 7) is 4.20. The molecule has 6 rings (SSSR count). The molecule has 0 spiro atoms. The Labute approximate surface area is 186 Å². The number of nitrogens with zero attached hydrogens (tertiary/aromatic N) is 9. The fourth-order valence-corrected chi connectivity index (χ4v) is 5.15. The van der Waals surface area contributed by atoms with Crippen LogP contribution < -0.4 is 4.90 Å². The SMILES string of the molecule is CCC1c2nnc(C)n2-c2cnc(-n3ccnc3-c3cccnc3)nc2N1C1CCCC1. The Hall–Kier alpha value is -3.62. The van der Waals surface area contributed by atoms with Crippen LogP contribution in [0.15, 0.2) is 43.1 Å². The second-order valence-corrected chi connectivity index (χ2v) is 8.45. The molecule has 1 aliphatic carbocycles. The number of rotatable bonds is 4. The van der Waals surface area contributed by atoms with E-state index in [9.17, 15) is 0 Å². The minimum absolute atomic E-state index is 0.148. The molecule has 0 amide bonds. The lowest BCUT2D eigenvalue weighted by atomic mass is 10.0.